The molecular weight excluding hydrogens is 461 g/mol. The van der Waals surface area contributed by atoms with Gasteiger partial charge in [-0.15, -0.1) is 0 Å². The summed E-state index contributed by atoms with van der Waals surface area (Å²) < 4.78 is 73.1. The van der Waals surface area contributed by atoms with Crippen molar-refractivity contribution >= 4 is 12.1 Å². The Kier molecular flexibility index (Phi) is 6.23. The van der Waals surface area contributed by atoms with Crippen LogP contribution < -0.4 is 5.32 Å². The van der Waals surface area contributed by atoms with Crippen molar-refractivity contribution in [3.05, 3.63) is 94.3 Å². The number of carboxylic acids is 1. The van der Waals surface area contributed by atoms with E-state index in [0.717, 1.165) is 22.3 Å². The molecule has 0 unspecified atom stereocenters. The Balaban J connectivity index is 1.49. The van der Waals surface area contributed by atoms with Gasteiger partial charge in [-0.1, -0.05) is 48.5 Å². The molecule has 1 aliphatic rings. The van der Waals surface area contributed by atoms with Gasteiger partial charge in [-0.3, -0.25) is 0 Å². The fourth-order valence-corrected chi connectivity index (χ4v) is 4.02. The van der Waals surface area contributed by atoms with Gasteiger partial charge in [-0.05, 0) is 22.3 Å². The SMILES string of the molecule is O=C(N[C@@H](Cc1c(F)c(F)c(F)c(F)c1F)C(=O)O)OCC1c2ccccc2-c2ccccc21. The first-order valence-electron chi connectivity index (χ1n) is 10.0. The number of hydrogen-bond donors (Lipinski definition) is 2. The second-order valence-corrected chi connectivity index (χ2v) is 7.61. The van der Waals surface area contributed by atoms with E-state index < -0.39 is 59.2 Å². The summed E-state index contributed by atoms with van der Waals surface area (Å²) in [5.74, 6) is -13.2. The van der Waals surface area contributed by atoms with E-state index in [4.69, 9.17) is 4.74 Å². The van der Waals surface area contributed by atoms with Crippen LogP contribution in [0.25, 0.3) is 11.1 Å². The Labute approximate surface area is 189 Å². The molecule has 0 saturated heterocycles. The van der Waals surface area contributed by atoms with E-state index in [1.165, 1.54) is 0 Å². The molecule has 10 heteroatoms. The van der Waals surface area contributed by atoms with Crippen molar-refractivity contribution in [1.82, 2.24) is 5.32 Å². The number of halogens is 5. The highest BCUT2D eigenvalue weighted by Gasteiger charge is 2.32. The molecule has 0 heterocycles. The molecule has 5 nitrogen and oxygen atoms in total. The van der Waals surface area contributed by atoms with Gasteiger partial charge in [0.05, 0.1) is 0 Å². The Morgan fingerprint density at radius 1 is 0.824 bits per heavy atom. The zero-order valence-electron chi connectivity index (χ0n) is 17.2. The summed E-state index contributed by atoms with van der Waals surface area (Å²) >= 11 is 0. The van der Waals surface area contributed by atoms with Gasteiger partial charge in [0.1, 0.15) is 12.6 Å². The average Bonchev–Trinajstić information content (AvgIpc) is 3.15. The van der Waals surface area contributed by atoms with Gasteiger partial charge < -0.3 is 15.2 Å². The van der Waals surface area contributed by atoms with Crippen molar-refractivity contribution in [3.63, 3.8) is 0 Å². The van der Waals surface area contributed by atoms with Crippen LogP contribution in [0.4, 0.5) is 26.7 Å². The van der Waals surface area contributed by atoms with Crippen LogP contribution in [0.5, 0.6) is 0 Å². The number of benzene rings is 3. The maximum absolute atomic E-state index is 13.9. The van der Waals surface area contributed by atoms with Gasteiger partial charge in [-0.2, -0.15) is 0 Å². The van der Waals surface area contributed by atoms with Crippen LogP contribution >= 0.6 is 0 Å². The first-order chi connectivity index (χ1) is 16.2. The van der Waals surface area contributed by atoms with Crippen LogP contribution in [0, 0.1) is 29.1 Å². The summed E-state index contributed by atoms with van der Waals surface area (Å²) in [6.07, 6.45) is -2.41. The van der Waals surface area contributed by atoms with Gasteiger partial charge in [0.2, 0.25) is 5.82 Å². The lowest BCUT2D eigenvalue weighted by atomic mass is 9.98. The first kappa shape index (κ1) is 23.2. The van der Waals surface area contributed by atoms with Crippen LogP contribution in [-0.2, 0) is 16.0 Å². The number of hydrogen-bond acceptors (Lipinski definition) is 3. The molecule has 0 aromatic heterocycles. The third kappa shape index (κ3) is 4.07. The predicted molar refractivity (Wildman–Crippen MR) is 110 cm³/mol. The summed E-state index contributed by atoms with van der Waals surface area (Å²) in [6.45, 7) is -0.172. The molecule has 176 valence electrons. The van der Waals surface area contributed by atoms with Gasteiger partial charge >= 0.3 is 12.1 Å². The van der Waals surface area contributed by atoms with E-state index in [9.17, 15) is 36.6 Å². The highest BCUT2D eigenvalue weighted by molar-refractivity contribution is 5.81. The maximum Gasteiger partial charge on any atom is 0.407 e. The van der Waals surface area contributed by atoms with Crippen molar-refractivity contribution < 1.29 is 41.4 Å². The van der Waals surface area contributed by atoms with Crippen molar-refractivity contribution in [3.8, 4) is 11.1 Å². The third-order valence-electron chi connectivity index (χ3n) is 5.64. The van der Waals surface area contributed by atoms with Gasteiger partial charge in [0, 0.05) is 17.9 Å². The molecule has 1 aliphatic carbocycles. The van der Waals surface area contributed by atoms with Crippen molar-refractivity contribution in [2.24, 2.45) is 0 Å². The second-order valence-electron chi connectivity index (χ2n) is 7.61. The monoisotopic (exact) mass is 477 g/mol. The Bertz CT molecular complexity index is 1220. The van der Waals surface area contributed by atoms with E-state index in [1.54, 1.807) is 0 Å². The van der Waals surface area contributed by atoms with Gasteiger partial charge in [-0.25, -0.2) is 31.5 Å². The molecule has 4 rings (SSSR count). The van der Waals surface area contributed by atoms with Crippen LogP contribution in [-0.4, -0.2) is 29.8 Å². The summed E-state index contributed by atoms with van der Waals surface area (Å²) in [4.78, 5) is 23.8. The van der Waals surface area contributed by atoms with Gasteiger partial charge in [0.25, 0.3) is 0 Å². The quantitative estimate of drug-likeness (QED) is 0.300. The van der Waals surface area contributed by atoms with Crippen LogP contribution in [0.1, 0.15) is 22.6 Å². The molecule has 0 spiro atoms. The standard InChI is InChI=1S/C24H16F5NO4/c25-18-15(19(26)21(28)22(29)20(18)27)9-17(23(31)32)30-24(33)34-10-16-13-7-3-1-5-11(13)12-6-2-4-8-14(12)16/h1-8,16-17H,9-10H2,(H,30,33)(H,31,32)/t17-/m0/s1. The van der Waals surface area contributed by atoms with E-state index in [-0.39, 0.29) is 12.5 Å². The Morgan fingerprint density at radius 2 is 1.29 bits per heavy atom. The number of carbonyl (C=O) groups is 2. The molecular formula is C24H16F5NO4. The number of amides is 1. The number of ether oxygens (including phenoxy) is 1. The van der Waals surface area contributed by atoms with E-state index in [0.29, 0.717) is 0 Å². The highest BCUT2D eigenvalue weighted by atomic mass is 19.2. The fraction of sp³-hybridized carbons (Fsp3) is 0.167. The van der Waals surface area contributed by atoms with Gasteiger partial charge in [0.15, 0.2) is 23.3 Å². The summed E-state index contributed by atoms with van der Waals surface area (Å²) in [5, 5.41) is 11.2. The molecule has 0 fully saturated rings. The molecule has 3 aromatic carbocycles. The largest absolute Gasteiger partial charge is 0.480 e. The topological polar surface area (TPSA) is 75.6 Å². The number of aliphatic carboxylic acids is 1. The lowest BCUT2D eigenvalue weighted by Gasteiger charge is -2.18. The molecule has 2 N–H and O–H groups in total. The number of carbonyl (C=O) groups excluding carboxylic acids is 1. The summed E-state index contributed by atoms with van der Waals surface area (Å²) in [5.41, 5.74) is 2.35. The predicted octanol–water partition coefficient (Wildman–Crippen LogP) is 4.92. The maximum atomic E-state index is 13.9. The number of alkyl carbamates (subject to hydrolysis) is 1. The Hall–Kier alpha value is -3.95. The third-order valence-corrected chi connectivity index (χ3v) is 5.64. The first-order valence-corrected chi connectivity index (χ1v) is 10.0. The molecule has 0 radical (unpaired) electrons. The minimum Gasteiger partial charge on any atom is -0.480 e. The molecule has 0 aliphatic heterocycles. The second kappa shape index (κ2) is 9.12. The van der Waals surface area contributed by atoms with E-state index >= 15 is 0 Å². The molecule has 3 aromatic rings. The lowest BCUT2D eigenvalue weighted by molar-refractivity contribution is -0.139. The lowest BCUT2D eigenvalue weighted by Crippen LogP contribution is -2.43. The highest BCUT2D eigenvalue weighted by Crippen LogP contribution is 2.44. The molecule has 1 atom stereocenters. The fourth-order valence-electron chi connectivity index (χ4n) is 4.02. The van der Waals surface area contributed by atoms with Crippen LogP contribution in [0.2, 0.25) is 0 Å². The van der Waals surface area contributed by atoms with Crippen LogP contribution in [0.15, 0.2) is 48.5 Å². The molecule has 0 saturated carbocycles. The van der Waals surface area contributed by atoms with E-state index in [2.05, 4.69) is 0 Å². The number of nitrogens with one attached hydrogen (secondary N) is 1. The molecule has 0 bridgehead atoms. The normalized spacial score (nSPS) is 13.2. The number of fused-ring (bicyclic) bond motifs is 3. The number of carboxylic acid groups (broad SMARTS) is 1. The number of rotatable bonds is 6. The zero-order valence-corrected chi connectivity index (χ0v) is 17.2. The smallest absolute Gasteiger partial charge is 0.407 e. The average molecular weight is 477 g/mol. The zero-order chi connectivity index (χ0) is 24.6. The minimum absolute atomic E-state index is 0.172. The summed E-state index contributed by atoms with van der Waals surface area (Å²) in [6, 6.07) is 12.9. The molecule has 1 amide bonds. The van der Waals surface area contributed by atoms with Crippen molar-refractivity contribution in [2.45, 2.75) is 18.4 Å². The minimum atomic E-state index is -2.37. The van der Waals surface area contributed by atoms with Crippen molar-refractivity contribution in [2.75, 3.05) is 6.61 Å². The van der Waals surface area contributed by atoms with E-state index in [1.807, 2.05) is 53.8 Å². The van der Waals surface area contributed by atoms with Crippen LogP contribution in [0.3, 0.4) is 0 Å². The molecule has 34 heavy (non-hydrogen) atoms. The van der Waals surface area contributed by atoms with Crippen molar-refractivity contribution in [1.29, 1.82) is 0 Å². The summed E-state index contributed by atoms with van der Waals surface area (Å²) in [7, 11) is 0. The Morgan fingerprint density at radius 3 is 1.79 bits per heavy atom.